The van der Waals surface area contributed by atoms with E-state index in [1.807, 2.05) is 20.8 Å². The lowest BCUT2D eigenvalue weighted by Crippen LogP contribution is -2.33. The summed E-state index contributed by atoms with van der Waals surface area (Å²) in [7, 11) is -3.13. The molecule has 138 valence electrons. The van der Waals surface area contributed by atoms with Gasteiger partial charge >= 0.3 is 0 Å². The molecule has 3 rings (SSSR count). The molecule has 0 bridgehead atoms. The first-order valence-corrected chi connectivity index (χ1v) is 10.8. The Kier molecular flexibility index (Phi) is 4.73. The van der Waals surface area contributed by atoms with Crippen LogP contribution in [0.25, 0.3) is 10.7 Å². The Morgan fingerprint density at radius 3 is 2.64 bits per heavy atom. The zero-order valence-electron chi connectivity index (χ0n) is 14.4. The van der Waals surface area contributed by atoms with Crippen molar-refractivity contribution in [3.05, 3.63) is 16.5 Å². The largest absolute Gasteiger partial charge is 0.389 e. The van der Waals surface area contributed by atoms with Gasteiger partial charge < -0.3 is 10.2 Å². The molecule has 2 aromatic rings. The first-order chi connectivity index (χ1) is 11.7. The molecular weight excluding hydrogens is 364 g/mol. The van der Waals surface area contributed by atoms with Crippen LogP contribution in [0.2, 0.25) is 0 Å². The Hall–Kier alpha value is -1.36. The van der Waals surface area contributed by atoms with Gasteiger partial charge in [0, 0.05) is 0 Å². The highest BCUT2D eigenvalue weighted by Gasteiger charge is 2.43. The zero-order chi connectivity index (χ0) is 18.4. The lowest BCUT2D eigenvalue weighted by molar-refractivity contribution is 0.162. The molecule has 2 atom stereocenters. The predicted molar refractivity (Wildman–Crippen MR) is 94.0 cm³/mol. The summed E-state index contributed by atoms with van der Waals surface area (Å²) in [6.45, 7) is 5.32. The average molecular weight is 386 g/mol. The van der Waals surface area contributed by atoms with Gasteiger partial charge in [-0.25, -0.2) is 23.1 Å². The quantitative estimate of drug-likeness (QED) is 0.792. The first-order valence-electron chi connectivity index (χ1n) is 8.12. The Balaban J connectivity index is 2.16. The van der Waals surface area contributed by atoms with E-state index in [-0.39, 0.29) is 23.9 Å². The summed E-state index contributed by atoms with van der Waals surface area (Å²) in [5, 5.41) is 24.5. The van der Waals surface area contributed by atoms with E-state index in [4.69, 9.17) is 0 Å². The number of thiazole rings is 1. The molecule has 1 fully saturated rings. The van der Waals surface area contributed by atoms with E-state index < -0.39 is 21.5 Å². The molecule has 2 unspecified atom stereocenters. The van der Waals surface area contributed by atoms with Gasteiger partial charge in [-0.3, -0.25) is 0 Å². The van der Waals surface area contributed by atoms with Crippen molar-refractivity contribution in [2.45, 2.75) is 51.9 Å². The summed E-state index contributed by atoms with van der Waals surface area (Å²) in [5.74, 6) is 0.874. The van der Waals surface area contributed by atoms with E-state index in [1.165, 1.54) is 11.3 Å². The van der Waals surface area contributed by atoms with Crippen molar-refractivity contribution in [3.8, 4) is 10.7 Å². The maximum absolute atomic E-state index is 12.0. The zero-order valence-corrected chi connectivity index (χ0v) is 16.1. The van der Waals surface area contributed by atoms with Gasteiger partial charge in [-0.05, 0) is 26.7 Å². The van der Waals surface area contributed by atoms with Crippen molar-refractivity contribution in [2.24, 2.45) is 0 Å². The average Bonchev–Trinajstić information content (AvgIpc) is 3.22. The topological polar surface area (TPSA) is 118 Å². The van der Waals surface area contributed by atoms with E-state index in [0.29, 0.717) is 29.4 Å². The number of rotatable bonds is 5. The van der Waals surface area contributed by atoms with Crippen LogP contribution in [-0.2, 0) is 22.0 Å². The van der Waals surface area contributed by atoms with E-state index in [9.17, 15) is 18.6 Å². The highest BCUT2D eigenvalue weighted by Crippen LogP contribution is 2.37. The minimum Gasteiger partial charge on any atom is -0.389 e. The van der Waals surface area contributed by atoms with Crippen LogP contribution in [0.1, 0.15) is 49.3 Å². The number of hydrogen-bond acceptors (Lipinski definition) is 8. The standard InChI is InChI=1S/C15H22N4O4S2/c1-4-10(21)13-17-14(12-9(2)16-11(7-20)24-12)19(18-13)15(3)5-6-25(22,23)8-15/h10,20-21H,4-8H2,1-3H3. The number of aliphatic hydroxyl groups is 2. The predicted octanol–water partition coefficient (Wildman–Crippen LogP) is 1.18. The molecule has 8 nitrogen and oxygen atoms in total. The molecule has 0 aromatic carbocycles. The SMILES string of the molecule is CCC(O)c1nc(-c2sc(CO)nc2C)n(C2(C)CCS(=O)(=O)C2)n1. The first kappa shape index (κ1) is 18.4. The third-order valence-corrected chi connectivity index (χ3v) is 7.51. The van der Waals surface area contributed by atoms with Crippen LogP contribution in [0, 0.1) is 6.92 Å². The van der Waals surface area contributed by atoms with Crippen molar-refractivity contribution in [1.29, 1.82) is 0 Å². The maximum atomic E-state index is 12.0. The van der Waals surface area contributed by atoms with Gasteiger partial charge in [0.05, 0.1) is 34.2 Å². The maximum Gasteiger partial charge on any atom is 0.179 e. The molecular formula is C15H22N4O4S2. The molecule has 1 saturated heterocycles. The van der Waals surface area contributed by atoms with Crippen molar-refractivity contribution in [2.75, 3.05) is 11.5 Å². The lowest BCUT2D eigenvalue weighted by atomic mass is 10.0. The second-order valence-corrected chi connectivity index (χ2v) is 9.92. The summed E-state index contributed by atoms with van der Waals surface area (Å²) in [5.41, 5.74) is -0.0208. The van der Waals surface area contributed by atoms with E-state index in [2.05, 4.69) is 15.1 Å². The van der Waals surface area contributed by atoms with Gasteiger partial charge in [0.2, 0.25) is 0 Å². The van der Waals surface area contributed by atoms with Gasteiger partial charge in [-0.1, -0.05) is 6.92 Å². The lowest BCUT2D eigenvalue weighted by Gasteiger charge is -2.24. The third kappa shape index (κ3) is 3.35. The van der Waals surface area contributed by atoms with Gasteiger partial charge in [0.1, 0.15) is 11.1 Å². The van der Waals surface area contributed by atoms with E-state index in [0.717, 1.165) is 4.88 Å². The third-order valence-electron chi connectivity index (χ3n) is 4.48. The van der Waals surface area contributed by atoms with Gasteiger partial charge in [-0.2, -0.15) is 5.10 Å². The fourth-order valence-corrected chi connectivity index (χ4v) is 6.07. The van der Waals surface area contributed by atoms with E-state index in [1.54, 1.807) is 4.68 Å². The van der Waals surface area contributed by atoms with Crippen molar-refractivity contribution in [1.82, 2.24) is 19.7 Å². The van der Waals surface area contributed by atoms with Crippen LogP contribution in [0.3, 0.4) is 0 Å². The number of nitrogens with zero attached hydrogens (tertiary/aromatic N) is 4. The van der Waals surface area contributed by atoms with Gasteiger partial charge in [-0.15, -0.1) is 11.3 Å². The molecule has 1 aliphatic heterocycles. The highest BCUT2D eigenvalue weighted by molar-refractivity contribution is 7.91. The van der Waals surface area contributed by atoms with Crippen LogP contribution in [0.4, 0.5) is 0 Å². The molecule has 2 aromatic heterocycles. The number of aryl methyl sites for hydroxylation is 1. The van der Waals surface area contributed by atoms with Crippen LogP contribution >= 0.6 is 11.3 Å². The number of sulfone groups is 1. The van der Waals surface area contributed by atoms with Gasteiger partial charge in [0.25, 0.3) is 0 Å². The Bertz CT molecular complexity index is 889. The summed E-state index contributed by atoms with van der Waals surface area (Å²) >= 11 is 1.30. The second kappa shape index (κ2) is 6.42. The highest BCUT2D eigenvalue weighted by atomic mass is 32.2. The molecule has 1 aliphatic rings. The fraction of sp³-hybridized carbons (Fsp3) is 0.667. The van der Waals surface area contributed by atoms with Crippen LogP contribution < -0.4 is 0 Å². The minimum atomic E-state index is -3.13. The smallest absolute Gasteiger partial charge is 0.179 e. The molecule has 0 radical (unpaired) electrons. The minimum absolute atomic E-state index is 0.0112. The molecule has 2 N–H and O–H groups in total. The van der Waals surface area contributed by atoms with Crippen molar-refractivity contribution < 1.29 is 18.6 Å². The molecule has 0 amide bonds. The Morgan fingerprint density at radius 1 is 1.40 bits per heavy atom. The number of aromatic nitrogens is 4. The monoisotopic (exact) mass is 386 g/mol. The van der Waals surface area contributed by atoms with E-state index >= 15 is 0 Å². The Labute approximate surface area is 150 Å². The molecule has 0 spiro atoms. The second-order valence-electron chi connectivity index (χ2n) is 6.65. The number of hydrogen-bond donors (Lipinski definition) is 2. The van der Waals surface area contributed by atoms with Crippen LogP contribution in [-0.4, -0.2) is 49.9 Å². The summed E-state index contributed by atoms with van der Waals surface area (Å²) in [4.78, 5) is 9.53. The fourth-order valence-electron chi connectivity index (χ4n) is 3.06. The Morgan fingerprint density at radius 2 is 2.12 bits per heavy atom. The molecule has 0 aliphatic carbocycles. The molecule has 10 heteroatoms. The summed E-state index contributed by atoms with van der Waals surface area (Å²) < 4.78 is 25.7. The number of aliphatic hydroxyl groups excluding tert-OH is 2. The normalized spacial score (nSPS) is 23.9. The van der Waals surface area contributed by atoms with Crippen LogP contribution in [0.5, 0.6) is 0 Å². The summed E-state index contributed by atoms with van der Waals surface area (Å²) in [6, 6.07) is 0. The van der Waals surface area contributed by atoms with Crippen molar-refractivity contribution in [3.63, 3.8) is 0 Å². The molecule has 25 heavy (non-hydrogen) atoms. The van der Waals surface area contributed by atoms with Crippen LogP contribution in [0.15, 0.2) is 0 Å². The molecule has 0 saturated carbocycles. The van der Waals surface area contributed by atoms with Gasteiger partial charge in [0.15, 0.2) is 21.5 Å². The summed E-state index contributed by atoms with van der Waals surface area (Å²) in [6.07, 6.45) is 0.0900. The molecule has 3 heterocycles. The van der Waals surface area contributed by atoms with Crippen molar-refractivity contribution >= 4 is 21.2 Å².